The fourth-order valence-corrected chi connectivity index (χ4v) is 3.58. The quantitative estimate of drug-likeness (QED) is 0.481. The summed E-state index contributed by atoms with van der Waals surface area (Å²) in [7, 11) is 3.36. The molecule has 1 aromatic heterocycles. The highest BCUT2D eigenvalue weighted by atomic mass is 16.5. The maximum Gasteiger partial charge on any atom is 0.191 e. The first-order valence-electron chi connectivity index (χ1n) is 10.6. The summed E-state index contributed by atoms with van der Waals surface area (Å²) in [5.41, 5.74) is 2.14. The lowest BCUT2D eigenvalue weighted by Gasteiger charge is -2.19. The van der Waals surface area contributed by atoms with Crippen LogP contribution in [0.25, 0.3) is 0 Å². The van der Waals surface area contributed by atoms with E-state index in [-0.39, 0.29) is 0 Å². The van der Waals surface area contributed by atoms with Gasteiger partial charge in [-0.3, -0.25) is 4.90 Å². The van der Waals surface area contributed by atoms with E-state index in [1.165, 1.54) is 5.56 Å². The van der Waals surface area contributed by atoms with Gasteiger partial charge < -0.3 is 24.6 Å². The molecule has 0 saturated carbocycles. The Morgan fingerprint density at radius 3 is 2.60 bits per heavy atom. The molecular weight excluding hydrogens is 382 g/mol. The van der Waals surface area contributed by atoms with E-state index in [0.717, 1.165) is 67.9 Å². The summed E-state index contributed by atoms with van der Waals surface area (Å²) in [5, 5.41) is 10.9. The molecule has 1 aliphatic heterocycles. The summed E-state index contributed by atoms with van der Waals surface area (Å²) in [6.45, 7) is 8.24. The molecule has 0 radical (unpaired) electrons. The second kappa shape index (κ2) is 10.9. The Hall–Kier alpha value is -2.74. The normalized spacial score (nSPS) is 17.2. The molecular formula is C22H33N5O3. The van der Waals surface area contributed by atoms with Crippen LogP contribution in [0.15, 0.2) is 33.8 Å². The van der Waals surface area contributed by atoms with Gasteiger partial charge in [0.25, 0.3) is 0 Å². The predicted molar refractivity (Wildman–Crippen MR) is 117 cm³/mol. The van der Waals surface area contributed by atoms with Gasteiger partial charge >= 0.3 is 0 Å². The van der Waals surface area contributed by atoms with Crippen molar-refractivity contribution in [3.8, 4) is 11.5 Å². The number of aromatic nitrogens is 1. The fourth-order valence-electron chi connectivity index (χ4n) is 3.58. The Kier molecular flexibility index (Phi) is 7.96. The Labute approximate surface area is 178 Å². The molecule has 164 valence electrons. The van der Waals surface area contributed by atoms with E-state index in [1.54, 1.807) is 14.2 Å². The molecule has 1 aliphatic rings. The lowest BCUT2D eigenvalue weighted by atomic mass is 10.2. The fraction of sp³-hybridized carbons (Fsp3) is 0.545. The molecule has 2 aromatic rings. The van der Waals surface area contributed by atoms with E-state index in [2.05, 4.69) is 51.7 Å². The number of benzene rings is 1. The molecule has 2 heterocycles. The van der Waals surface area contributed by atoms with Crippen molar-refractivity contribution < 1.29 is 14.0 Å². The molecule has 0 amide bonds. The van der Waals surface area contributed by atoms with Gasteiger partial charge in [-0.2, -0.15) is 0 Å². The Bertz CT molecular complexity index is 814. The number of hydrogen-bond donors (Lipinski definition) is 2. The third-order valence-corrected chi connectivity index (χ3v) is 5.14. The van der Waals surface area contributed by atoms with E-state index in [1.807, 2.05) is 12.1 Å². The van der Waals surface area contributed by atoms with E-state index < -0.39 is 0 Å². The van der Waals surface area contributed by atoms with Gasteiger partial charge in [0.05, 0.1) is 19.9 Å². The number of nitrogens with one attached hydrogen (secondary N) is 2. The number of ether oxygens (including phenoxy) is 2. The zero-order valence-electron chi connectivity index (χ0n) is 18.4. The van der Waals surface area contributed by atoms with Gasteiger partial charge in [-0.05, 0) is 37.5 Å². The second-order valence-electron chi connectivity index (χ2n) is 7.42. The summed E-state index contributed by atoms with van der Waals surface area (Å²) in [6.07, 6.45) is 1.93. The molecule has 2 N–H and O–H groups in total. The highest BCUT2D eigenvalue weighted by Gasteiger charge is 2.23. The molecule has 0 spiro atoms. The van der Waals surface area contributed by atoms with Crippen molar-refractivity contribution >= 4 is 5.96 Å². The van der Waals surface area contributed by atoms with Crippen LogP contribution in [0.2, 0.25) is 0 Å². The summed E-state index contributed by atoms with van der Waals surface area (Å²) in [6, 6.07) is 8.34. The van der Waals surface area contributed by atoms with Crippen molar-refractivity contribution in [1.29, 1.82) is 0 Å². The van der Waals surface area contributed by atoms with Crippen molar-refractivity contribution in [2.45, 2.75) is 45.8 Å². The van der Waals surface area contributed by atoms with Gasteiger partial charge in [0, 0.05) is 44.4 Å². The van der Waals surface area contributed by atoms with E-state index in [4.69, 9.17) is 14.0 Å². The molecule has 1 atom stereocenters. The second-order valence-corrected chi connectivity index (χ2v) is 7.42. The van der Waals surface area contributed by atoms with Crippen molar-refractivity contribution in [1.82, 2.24) is 20.7 Å². The van der Waals surface area contributed by atoms with E-state index in [9.17, 15) is 0 Å². The number of likely N-dealkylation sites (tertiary alicyclic amines) is 1. The number of aliphatic imine (C=N–C) groups is 1. The van der Waals surface area contributed by atoms with Crippen LogP contribution >= 0.6 is 0 Å². The minimum Gasteiger partial charge on any atom is -0.497 e. The largest absolute Gasteiger partial charge is 0.497 e. The van der Waals surface area contributed by atoms with Crippen LogP contribution in [0.1, 0.15) is 37.3 Å². The van der Waals surface area contributed by atoms with Crippen LogP contribution in [-0.4, -0.2) is 55.9 Å². The number of aryl methyl sites for hydroxylation is 1. The molecule has 0 bridgehead atoms. The van der Waals surface area contributed by atoms with Crippen LogP contribution in [0.4, 0.5) is 0 Å². The van der Waals surface area contributed by atoms with Crippen molar-refractivity contribution in [3.63, 3.8) is 0 Å². The predicted octanol–water partition coefficient (Wildman–Crippen LogP) is 2.58. The zero-order chi connectivity index (χ0) is 21.3. The minimum atomic E-state index is 0.344. The molecule has 30 heavy (non-hydrogen) atoms. The molecule has 8 heteroatoms. The lowest BCUT2D eigenvalue weighted by Crippen LogP contribution is -2.44. The van der Waals surface area contributed by atoms with Gasteiger partial charge in [-0.1, -0.05) is 12.1 Å². The number of guanidine groups is 1. The number of methoxy groups -OCH3 is 2. The molecule has 3 rings (SSSR count). The maximum absolute atomic E-state index is 5.39. The van der Waals surface area contributed by atoms with Gasteiger partial charge in [-0.25, -0.2) is 4.99 Å². The van der Waals surface area contributed by atoms with Gasteiger partial charge in [0.2, 0.25) is 0 Å². The lowest BCUT2D eigenvalue weighted by molar-refractivity contribution is 0.321. The maximum atomic E-state index is 5.39. The zero-order valence-corrected chi connectivity index (χ0v) is 18.4. The Morgan fingerprint density at radius 1 is 1.20 bits per heavy atom. The number of nitrogens with zero attached hydrogens (tertiary/aromatic N) is 3. The minimum absolute atomic E-state index is 0.344. The van der Waals surface area contributed by atoms with Crippen LogP contribution in [0.3, 0.4) is 0 Å². The van der Waals surface area contributed by atoms with Crippen LogP contribution in [0, 0.1) is 0 Å². The SMILES string of the molecule is CCNC(=NCc1cc(CC)no1)NC1CCN(Cc2cc(OC)cc(OC)c2)C1. The standard InChI is InChI=1S/C22H33N5O3/c1-5-17-11-21(30-26-17)13-24-22(23-6-2)25-18-7-8-27(15-18)14-16-9-19(28-3)12-20(10-16)29-4/h9-12,18H,5-8,13-15H2,1-4H3,(H2,23,24,25). The van der Waals surface area contributed by atoms with Crippen LogP contribution < -0.4 is 20.1 Å². The molecule has 8 nitrogen and oxygen atoms in total. The van der Waals surface area contributed by atoms with Gasteiger partial charge in [0.15, 0.2) is 11.7 Å². The van der Waals surface area contributed by atoms with Crippen molar-refractivity contribution in [2.24, 2.45) is 4.99 Å². The third-order valence-electron chi connectivity index (χ3n) is 5.14. The van der Waals surface area contributed by atoms with E-state index in [0.29, 0.717) is 12.6 Å². The van der Waals surface area contributed by atoms with Gasteiger partial charge in [-0.15, -0.1) is 0 Å². The molecule has 1 aromatic carbocycles. The summed E-state index contributed by atoms with van der Waals surface area (Å²) in [5.74, 6) is 3.22. The summed E-state index contributed by atoms with van der Waals surface area (Å²) < 4.78 is 16.1. The van der Waals surface area contributed by atoms with Gasteiger partial charge in [0.1, 0.15) is 18.0 Å². The number of hydrogen-bond acceptors (Lipinski definition) is 6. The monoisotopic (exact) mass is 415 g/mol. The van der Waals surface area contributed by atoms with E-state index >= 15 is 0 Å². The summed E-state index contributed by atoms with van der Waals surface area (Å²) >= 11 is 0. The first-order chi connectivity index (χ1) is 14.6. The third kappa shape index (κ3) is 6.13. The first-order valence-corrected chi connectivity index (χ1v) is 10.6. The van der Waals surface area contributed by atoms with Crippen molar-refractivity contribution in [3.05, 3.63) is 41.3 Å². The summed E-state index contributed by atoms with van der Waals surface area (Å²) in [4.78, 5) is 7.09. The smallest absolute Gasteiger partial charge is 0.191 e. The molecule has 0 aliphatic carbocycles. The average molecular weight is 416 g/mol. The highest BCUT2D eigenvalue weighted by molar-refractivity contribution is 5.80. The number of rotatable bonds is 9. The van der Waals surface area contributed by atoms with Crippen molar-refractivity contribution in [2.75, 3.05) is 33.9 Å². The highest BCUT2D eigenvalue weighted by Crippen LogP contribution is 2.24. The Balaban J connectivity index is 1.56. The first kappa shape index (κ1) is 22.0. The van der Waals surface area contributed by atoms with Crippen LogP contribution in [-0.2, 0) is 19.5 Å². The Morgan fingerprint density at radius 2 is 1.97 bits per heavy atom. The average Bonchev–Trinajstić information content (AvgIpc) is 3.41. The topological polar surface area (TPSA) is 84.2 Å². The van der Waals surface area contributed by atoms with Crippen LogP contribution in [0.5, 0.6) is 11.5 Å². The molecule has 1 saturated heterocycles. The molecule has 1 unspecified atom stereocenters. The molecule has 1 fully saturated rings.